The van der Waals surface area contributed by atoms with Crippen LogP contribution in [0.2, 0.25) is 5.02 Å². The molecule has 0 aliphatic carbocycles. The normalized spacial score (nSPS) is 12.2. The Morgan fingerprint density at radius 3 is 2.38 bits per heavy atom. The van der Waals surface area contributed by atoms with Crippen LogP contribution in [0.15, 0.2) is 36.4 Å². The summed E-state index contributed by atoms with van der Waals surface area (Å²) in [7, 11) is 1.59. The van der Waals surface area contributed by atoms with E-state index < -0.39 is 17.7 Å². The largest absolute Gasteiger partial charge is 0.497 e. The van der Waals surface area contributed by atoms with Crippen molar-refractivity contribution in [3.05, 3.63) is 64.2 Å². The Morgan fingerprint density at radius 2 is 1.76 bits per heavy atom. The number of halogens is 3. The van der Waals surface area contributed by atoms with Crippen LogP contribution < -0.4 is 4.74 Å². The van der Waals surface area contributed by atoms with E-state index in [0.29, 0.717) is 12.8 Å². The molecule has 0 amide bonds. The number of aliphatic hydroxyl groups is 1. The van der Waals surface area contributed by atoms with Gasteiger partial charge in [-0.15, -0.1) is 0 Å². The van der Waals surface area contributed by atoms with E-state index in [1.54, 1.807) is 7.11 Å². The second-order valence-electron chi connectivity index (χ2n) is 4.69. The molecular weight excluding hydrogens is 298 g/mol. The van der Waals surface area contributed by atoms with Gasteiger partial charge in [0.15, 0.2) is 11.6 Å². The molecule has 0 aromatic heterocycles. The van der Waals surface area contributed by atoms with E-state index in [1.807, 2.05) is 24.3 Å². The molecule has 112 valence electrons. The molecule has 21 heavy (non-hydrogen) atoms. The summed E-state index contributed by atoms with van der Waals surface area (Å²) in [6.45, 7) is 0. The summed E-state index contributed by atoms with van der Waals surface area (Å²) in [6.07, 6.45) is -0.00728. The highest BCUT2D eigenvalue weighted by Gasteiger charge is 2.15. The highest BCUT2D eigenvalue weighted by molar-refractivity contribution is 6.31. The molecule has 1 unspecified atom stereocenters. The maximum absolute atomic E-state index is 13.2. The van der Waals surface area contributed by atoms with Crippen LogP contribution >= 0.6 is 11.6 Å². The van der Waals surface area contributed by atoms with Crippen LogP contribution in [0.5, 0.6) is 5.75 Å². The highest BCUT2D eigenvalue weighted by Crippen LogP contribution is 2.28. The molecular formula is C16H15ClF2O2. The molecule has 0 bridgehead atoms. The van der Waals surface area contributed by atoms with Crippen molar-refractivity contribution in [2.45, 2.75) is 18.9 Å². The molecule has 0 heterocycles. The van der Waals surface area contributed by atoms with Gasteiger partial charge in [-0.05, 0) is 42.7 Å². The molecule has 2 nitrogen and oxygen atoms in total. The van der Waals surface area contributed by atoms with Crippen molar-refractivity contribution < 1.29 is 18.6 Å². The van der Waals surface area contributed by atoms with Gasteiger partial charge in [-0.2, -0.15) is 0 Å². The highest BCUT2D eigenvalue weighted by atomic mass is 35.5. The summed E-state index contributed by atoms with van der Waals surface area (Å²) in [6, 6.07) is 9.24. The van der Waals surface area contributed by atoms with Crippen molar-refractivity contribution in [2.24, 2.45) is 0 Å². The lowest BCUT2D eigenvalue weighted by molar-refractivity contribution is 0.167. The minimum Gasteiger partial charge on any atom is -0.497 e. The zero-order valence-corrected chi connectivity index (χ0v) is 12.2. The van der Waals surface area contributed by atoms with Gasteiger partial charge in [-0.1, -0.05) is 23.7 Å². The molecule has 0 saturated heterocycles. The van der Waals surface area contributed by atoms with E-state index >= 15 is 0 Å². The maximum Gasteiger partial charge on any atom is 0.160 e. The third-order valence-corrected chi connectivity index (χ3v) is 3.59. The lowest BCUT2D eigenvalue weighted by Crippen LogP contribution is -2.02. The number of hydrogen-bond donors (Lipinski definition) is 1. The minimum absolute atomic E-state index is 0.0242. The third kappa shape index (κ3) is 3.93. The molecule has 0 fully saturated rings. The third-order valence-electron chi connectivity index (χ3n) is 3.26. The van der Waals surface area contributed by atoms with Gasteiger partial charge in [-0.3, -0.25) is 0 Å². The lowest BCUT2D eigenvalue weighted by Gasteiger charge is -2.13. The van der Waals surface area contributed by atoms with Crippen molar-refractivity contribution in [3.8, 4) is 5.75 Å². The molecule has 0 aliphatic rings. The Bertz CT molecular complexity index is 614. The number of rotatable bonds is 5. The predicted octanol–water partition coefficient (Wildman–Crippen LogP) is 4.29. The summed E-state index contributed by atoms with van der Waals surface area (Å²) >= 11 is 5.83. The SMILES string of the molecule is COc1ccc(CCC(O)c2cc(F)c(F)cc2Cl)cc1. The van der Waals surface area contributed by atoms with E-state index in [4.69, 9.17) is 16.3 Å². The molecule has 0 aliphatic heterocycles. The van der Waals surface area contributed by atoms with Crippen LogP contribution in [0.1, 0.15) is 23.7 Å². The molecule has 2 aromatic carbocycles. The average molecular weight is 313 g/mol. The number of aliphatic hydroxyl groups excluding tert-OH is 1. The van der Waals surface area contributed by atoms with Crippen molar-refractivity contribution in [1.29, 1.82) is 0 Å². The molecule has 0 radical (unpaired) electrons. The van der Waals surface area contributed by atoms with Crippen molar-refractivity contribution in [1.82, 2.24) is 0 Å². The van der Waals surface area contributed by atoms with E-state index in [9.17, 15) is 13.9 Å². The van der Waals surface area contributed by atoms with Gasteiger partial charge < -0.3 is 9.84 Å². The zero-order chi connectivity index (χ0) is 15.4. The monoisotopic (exact) mass is 312 g/mol. The van der Waals surface area contributed by atoms with Crippen molar-refractivity contribution >= 4 is 11.6 Å². The summed E-state index contributed by atoms with van der Waals surface area (Å²) < 4.78 is 31.3. The number of hydrogen-bond acceptors (Lipinski definition) is 2. The Kier molecular flexibility index (Phi) is 5.15. The first-order chi connectivity index (χ1) is 10.0. The van der Waals surface area contributed by atoms with Crippen molar-refractivity contribution in [2.75, 3.05) is 7.11 Å². The van der Waals surface area contributed by atoms with Gasteiger partial charge in [0.05, 0.1) is 13.2 Å². The first kappa shape index (κ1) is 15.7. The first-order valence-corrected chi connectivity index (χ1v) is 6.84. The van der Waals surface area contributed by atoms with Gasteiger partial charge in [0.1, 0.15) is 5.75 Å². The van der Waals surface area contributed by atoms with Gasteiger partial charge in [0.25, 0.3) is 0 Å². The Morgan fingerprint density at radius 1 is 1.14 bits per heavy atom. The zero-order valence-electron chi connectivity index (χ0n) is 11.4. The number of ether oxygens (including phenoxy) is 1. The van der Waals surface area contributed by atoms with Gasteiger partial charge in [-0.25, -0.2) is 8.78 Å². The van der Waals surface area contributed by atoms with E-state index in [2.05, 4.69) is 0 Å². The first-order valence-electron chi connectivity index (χ1n) is 6.46. The fraction of sp³-hybridized carbons (Fsp3) is 0.250. The molecule has 2 rings (SSSR count). The second-order valence-corrected chi connectivity index (χ2v) is 5.10. The number of aryl methyl sites for hydroxylation is 1. The van der Waals surface area contributed by atoms with E-state index in [-0.39, 0.29) is 10.6 Å². The molecule has 5 heteroatoms. The van der Waals surface area contributed by atoms with Gasteiger partial charge in [0.2, 0.25) is 0 Å². The van der Waals surface area contributed by atoms with Crippen molar-refractivity contribution in [3.63, 3.8) is 0 Å². The Hall–Kier alpha value is -1.65. The average Bonchev–Trinajstić information content (AvgIpc) is 2.49. The second kappa shape index (κ2) is 6.87. The number of benzene rings is 2. The standard InChI is InChI=1S/C16H15ClF2O2/c1-21-11-5-2-10(3-6-11)4-7-16(20)12-8-14(18)15(19)9-13(12)17/h2-3,5-6,8-9,16,20H,4,7H2,1H3. The van der Waals surface area contributed by atoms with Crippen LogP contribution in [-0.2, 0) is 6.42 Å². The topological polar surface area (TPSA) is 29.5 Å². The quantitative estimate of drug-likeness (QED) is 0.834. The fourth-order valence-corrected chi connectivity index (χ4v) is 2.32. The van der Waals surface area contributed by atoms with Crippen LogP contribution in [0.4, 0.5) is 8.78 Å². The van der Waals surface area contributed by atoms with Crippen LogP contribution in [0.25, 0.3) is 0 Å². The predicted molar refractivity (Wildman–Crippen MR) is 77.6 cm³/mol. The molecule has 2 aromatic rings. The lowest BCUT2D eigenvalue weighted by atomic mass is 10.0. The Balaban J connectivity index is 2.04. The maximum atomic E-state index is 13.2. The van der Waals surface area contributed by atoms with Crippen LogP contribution in [-0.4, -0.2) is 12.2 Å². The fourth-order valence-electron chi connectivity index (χ4n) is 2.04. The summed E-state index contributed by atoms with van der Waals surface area (Å²) in [5, 5.41) is 10.1. The smallest absolute Gasteiger partial charge is 0.160 e. The van der Waals surface area contributed by atoms with Crippen LogP contribution in [0.3, 0.4) is 0 Å². The van der Waals surface area contributed by atoms with E-state index in [0.717, 1.165) is 23.4 Å². The minimum atomic E-state index is -1.02. The molecule has 0 spiro atoms. The molecule has 0 saturated carbocycles. The Labute approximate surface area is 126 Å². The molecule has 1 atom stereocenters. The molecule has 1 N–H and O–H groups in total. The number of methoxy groups -OCH3 is 1. The summed E-state index contributed by atoms with van der Waals surface area (Å²) in [4.78, 5) is 0. The summed E-state index contributed by atoms with van der Waals surface area (Å²) in [5.41, 5.74) is 1.21. The summed E-state index contributed by atoms with van der Waals surface area (Å²) in [5.74, 6) is -1.29. The van der Waals surface area contributed by atoms with E-state index in [1.165, 1.54) is 0 Å². The van der Waals surface area contributed by atoms with Gasteiger partial charge >= 0.3 is 0 Å². The van der Waals surface area contributed by atoms with Crippen LogP contribution in [0, 0.1) is 11.6 Å². The van der Waals surface area contributed by atoms with Gasteiger partial charge in [0, 0.05) is 10.6 Å².